The summed E-state index contributed by atoms with van der Waals surface area (Å²) in [5.74, 6) is 1.57. The van der Waals surface area contributed by atoms with E-state index in [-0.39, 0.29) is 29.6 Å². The van der Waals surface area contributed by atoms with Crippen LogP contribution in [0.2, 0.25) is 0 Å². The molecule has 1 unspecified atom stereocenters. The maximum Gasteiger partial charge on any atom is 0.407 e. The van der Waals surface area contributed by atoms with Crippen molar-refractivity contribution < 1.29 is 23.8 Å². The Hall–Kier alpha value is -4.05. The zero-order chi connectivity index (χ0) is 30.7. The fourth-order valence-electron chi connectivity index (χ4n) is 6.87. The van der Waals surface area contributed by atoms with Crippen LogP contribution in [-0.2, 0) is 11.2 Å². The molecule has 1 aromatic heterocycles. The highest BCUT2D eigenvalue weighted by atomic mass is 16.5. The molecule has 44 heavy (non-hydrogen) atoms. The molecule has 2 N–H and O–H groups in total. The van der Waals surface area contributed by atoms with E-state index in [2.05, 4.69) is 35.1 Å². The Bertz CT molecular complexity index is 1470. The van der Waals surface area contributed by atoms with Crippen LogP contribution in [0.3, 0.4) is 0 Å². The first-order valence-corrected chi connectivity index (χ1v) is 15.8. The lowest BCUT2D eigenvalue weighted by atomic mass is 9.89. The second-order valence-corrected chi connectivity index (χ2v) is 12.6. The molecule has 3 heterocycles. The van der Waals surface area contributed by atoms with Gasteiger partial charge in [0.2, 0.25) is 0 Å². The van der Waals surface area contributed by atoms with Crippen LogP contribution in [0.5, 0.6) is 11.5 Å². The monoisotopic (exact) mass is 601 g/mol. The molecule has 2 aliphatic heterocycles. The van der Waals surface area contributed by atoms with Gasteiger partial charge >= 0.3 is 6.09 Å². The normalized spacial score (nSPS) is 22.5. The third-order valence-corrected chi connectivity index (χ3v) is 8.99. The van der Waals surface area contributed by atoms with Crippen LogP contribution in [0, 0.1) is 0 Å². The second-order valence-electron chi connectivity index (χ2n) is 12.6. The zero-order valence-electron chi connectivity index (χ0n) is 25.9. The fraction of sp³-hybridized carbons (Fsp3) is 0.500. The quantitative estimate of drug-likeness (QED) is 0.375. The summed E-state index contributed by atoms with van der Waals surface area (Å²) in [6.45, 7) is 6.65. The molecule has 2 aromatic carbocycles. The van der Waals surface area contributed by atoms with Gasteiger partial charge in [-0.15, -0.1) is 0 Å². The number of hydrogen-bond donors (Lipinski definition) is 2. The topological polar surface area (TPSA) is 107 Å². The lowest BCUT2D eigenvalue weighted by molar-refractivity contribution is 0.0601. The van der Waals surface area contributed by atoms with Gasteiger partial charge in [0.05, 0.1) is 37.8 Å². The number of alkyl carbamates (subject to hydrolysis) is 1. The highest BCUT2D eigenvalue weighted by molar-refractivity contribution is 5.98. The minimum atomic E-state index is -0.443. The number of carbonyl (C=O) groups is 2. The summed E-state index contributed by atoms with van der Waals surface area (Å²) in [7, 11) is 1.38. The van der Waals surface area contributed by atoms with Crippen LogP contribution < -0.4 is 20.1 Å². The Kier molecular flexibility index (Phi) is 8.79. The average molecular weight is 602 g/mol. The molecule has 6 rings (SSSR count). The lowest BCUT2D eigenvalue weighted by Crippen LogP contribution is -2.54. The van der Waals surface area contributed by atoms with Crippen LogP contribution in [0.25, 0.3) is 11.3 Å². The Morgan fingerprint density at radius 2 is 1.95 bits per heavy atom. The molecule has 0 spiro atoms. The molecule has 10 heteroatoms. The smallest absolute Gasteiger partial charge is 0.407 e. The molecule has 234 valence electrons. The standard InChI is InChI=1S/C34H43N5O5/c1-34(2)20-24-13-14-26(19-29(24)44-34)43-18-15-25-21-35-16-17-38(25)32(40)30-31(23-9-5-4-6-10-23)39(22-36-30)28-12-8-7-11-27(28)37-33(41)42-3/h4-6,9-10,13-14,19,22,25,27-28,35H,7-8,11-12,15-18,20-21H2,1-3H3,(H,37,41)/t25-,27+,28?/m1/s1. The number of nitrogens with zero attached hydrogens (tertiary/aromatic N) is 3. The van der Waals surface area contributed by atoms with E-state index in [1.807, 2.05) is 47.4 Å². The van der Waals surface area contributed by atoms with E-state index < -0.39 is 6.09 Å². The van der Waals surface area contributed by atoms with E-state index in [9.17, 15) is 9.59 Å². The molecule has 3 aromatic rings. The summed E-state index contributed by atoms with van der Waals surface area (Å²) in [4.78, 5) is 33.2. The molecular weight excluding hydrogens is 558 g/mol. The van der Waals surface area contributed by atoms with Gasteiger partial charge in [-0.1, -0.05) is 49.2 Å². The van der Waals surface area contributed by atoms with E-state index >= 15 is 0 Å². The van der Waals surface area contributed by atoms with Crippen molar-refractivity contribution in [3.63, 3.8) is 0 Å². The number of piperazine rings is 1. The highest BCUT2D eigenvalue weighted by Gasteiger charge is 2.35. The van der Waals surface area contributed by atoms with Crippen LogP contribution in [-0.4, -0.2) is 77.5 Å². The van der Waals surface area contributed by atoms with Gasteiger partial charge in [-0.3, -0.25) is 4.79 Å². The number of rotatable bonds is 8. The number of hydrogen-bond acceptors (Lipinski definition) is 7. The van der Waals surface area contributed by atoms with Gasteiger partial charge in [0, 0.05) is 50.1 Å². The van der Waals surface area contributed by atoms with Gasteiger partial charge in [-0.2, -0.15) is 0 Å². The second kappa shape index (κ2) is 12.9. The van der Waals surface area contributed by atoms with Crippen molar-refractivity contribution in [3.8, 4) is 22.8 Å². The summed E-state index contributed by atoms with van der Waals surface area (Å²) < 4.78 is 19.2. The van der Waals surface area contributed by atoms with Crippen molar-refractivity contribution in [2.45, 2.75) is 76.1 Å². The number of ether oxygens (including phenoxy) is 3. The van der Waals surface area contributed by atoms with E-state index in [1.54, 1.807) is 6.33 Å². The molecule has 0 bridgehead atoms. The minimum absolute atomic E-state index is 0.0406. The largest absolute Gasteiger partial charge is 0.493 e. The number of imidazole rings is 1. The molecule has 0 radical (unpaired) electrons. The van der Waals surface area contributed by atoms with Crippen molar-refractivity contribution >= 4 is 12.0 Å². The Morgan fingerprint density at radius 3 is 2.77 bits per heavy atom. The van der Waals surface area contributed by atoms with Crippen molar-refractivity contribution in [1.29, 1.82) is 0 Å². The predicted octanol–water partition coefficient (Wildman–Crippen LogP) is 4.99. The highest BCUT2D eigenvalue weighted by Crippen LogP contribution is 2.38. The summed E-state index contributed by atoms with van der Waals surface area (Å²) in [6.07, 6.45) is 6.66. The predicted molar refractivity (Wildman–Crippen MR) is 167 cm³/mol. The molecule has 2 amide bonds. The van der Waals surface area contributed by atoms with E-state index in [0.29, 0.717) is 31.8 Å². The average Bonchev–Trinajstić information content (AvgIpc) is 3.61. The van der Waals surface area contributed by atoms with Crippen molar-refractivity contribution in [2.24, 2.45) is 0 Å². The Balaban J connectivity index is 1.21. The fourth-order valence-corrected chi connectivity index (χ4v) is 6.87. The molecule has 1 saturated carbocycles. The molecular formula is C34H43N5O5. The third kappa shape index (κ3) is 6.40. The summed E-state index contributed by atoms with van der Waals surface area (Å²) in [6, 6.07) is 15.8. The van der Waals surface area contributed by atoms with Gasteiger partial charge in [0.1, 0.15) is 17.1 Å². The first-order valence-electron chi connectivity index (χ1n) is 15.8. The van der Waals surface area contributed by atoms with E-state index in [0.717, 1.165) is 61.4 Å². The van der Waals surface area contributed by atoms with Crippen molar-refractivity contribution in [1.82, 2.24) is 25.1 Å². The number of fused-ring (bicyclic) bond motifs is 1. The third-order valence-electron chi connectivity index (χ3n) is 8.99. The maximum atomic E-state index is 14.3. The van der Waals surface area contributed by atoms with Gasteiger partial charge in [0.25, 0.3) is 5.91 Å². The van der Waals surface area contributed by atoms with Gasteiger partial charge in [0.15, 0.2) is 5.69 Å². The lowest BCUT2D eigenvalue weighted by Gasteiger charge is -2.36. The molecule has 1 aliphatic carbocycles. The Labute approximate surface area is 259 Å². The van der Waals surface area contributed by atoms with Gasteiger partial charge in [-0.05, 0) is 38.3 Å². The maximum absolute atomic E-state index is 14.3. The van der Waals surface area contributed by atoms with Gasteiger partial charge < -0.3 is 34.3 Å². The number of aromatic nitrogens is 2. The number of carbonyl (C=O) groups excluding carboxylic acids is 2. The van der Waals surface area contributed by atoms with E-state index in [4.69, 9.17) is 19.2 Å². The number of benzene rings is 2. The van der Waals surface area contributed by atoms with Crippen LogP contribution >= 0.6 is 0 Å². The van der Waals surface area contributed by atoms with E-state index in [1.165, 1.54) is 12.7 Å². The molecule has 1 saturated heterocycles. The number of methoxy groups -OCH3 is 1. The first-order chi connectivity index (χ1) is 21.3. The van der Waals surface area contributed by atoms with Crippen LogP contribution in [0.15, 0.2) is 54.9 Å². The van der Waals surface area contributed by atoms with Crippen molar-refractivity contribution in [2.75, 3.05) is 33.4 Å². The molecule has 10 nitrogen and oxygen atoms in total. The summed E-state index contributed by atoms with van der Waals surface area (Å²) in [5, 5.41) is 6.47. The number of amides is 2. The number of nitrogens with one attached hydrogen (secondary N) is 2. The Morgan fingerprint density at radius 1 is 1.14 bits per heavy atom. The summed E-state index contributed by atoms with van der Waals surface area (Å²) >= 11 is 0. The van der Waals surface area contributed by atoms with Crippen LogP contribution in [0.4, 0.5) is 4.79 Å². The van der Waals surface area contributed by atoms with Crippen LogP contribution in [0.1, 0.15) is 68.0 Å². The summed E-state index contributed by atoms with van der Waals surface area (Å²) in [5.41, 5.74) is 3.15. The first kappa shape index (κ1) is 30.0. The SMILES string of the molecule is COC(=O)N[C@H]1CCCCC1n1cnc(C(=O)N2CCNC[C@H]2CCOc2ccc3c(c2)OC(C)(C)C3)c1-c1ccccc1. The van der Waals surface area contributed by atoms with Crippen molar-refractivity contribution in [3.05, 3.63) is 66.1 Å². The molecule has 3 aliphatic rings. The molecule has 2 fully saturated rings. The van der Waals surface area contributed by atoms with Gasteiger partial charge in [-0.25, -0.2) is 9.78 Å². The minimum Gasteiger partial charge on any atom is -0.493 e. The molecule has 3 atom stereocenters. The zero-order valence-corrected chi connectivity index (χ0v) is 25.9.